The maximum absolute atomic E-state index is 12.6. The number of benzene rings is 3. The standard InChI is InChI=1S/C26H22ClN3O5S/c27-22-4-2-1-3-20(22)15-29-36(33,34)30-23-16-28-35-24(23)19-7-5-17(6-8-19)18-9-11-21(12-10-18)26(13-14-26)25(31)32/h1-12,16,29-30H,13-15H2,(H,31,32). The zero-order valence-electron chi connectivity index (χ0n) is 18.9. The lowest BCUT2D eigenvalue weighted by Crippen LogP contribution is -2.29. The first kappa shape index (κ1) is 24.1. The average molecular weight is 524 g/mol. The number of anilines is 1. The number of nitrogens with one attached hydrogen (secondary N) is 2. The molecule has 0 radical (unpaired) electrons. The van der Waals surface area contributed by atoms with E-state index < -0.39 is 21.6 Å². The van der Waals surface area contributed by atoms with Gasteiger partial charge in [0.05, 0.1) is 11.6 Å². The summed E-state index contributed by atoms with van der Waals surface area (Å²) in [6.45, 7) is 0.0245. The van der Waals surface area contributed by atoms with Gasteiger partial charge in [-0.3, -0.25) is 9.52 Å². The van der Waals surface area contributed by atoms with Crippen molar-refractivity contribution in [1.29, 1.82) is 0 Å². The Morgan fingerprint density at radius 3 is 2.19 bits per heavy atom. The highest BCUT2D eigenvalue weighted by molar-refractivity contribution is 7.90. The monoisotopic (exact) mass is 523 g/mol. The molecule has 8 nitrogen and oxygen atoms in total. The number of halogens is 1. The molecular weight excluding hydrogens is 502 g/mol. The summed E-state index contributed by atoms with van der Waals surface area (Å²) in [5, 5.41) is 13.7. The van der Waals surface area contributed by atoms with E-state index in [0.29, 0.717) is 29.0 Å². The van der Waals surface area contributed by atoms with Gasteiger partial charge in [0.15, 0.2) is 5.76 Å². The zero-order chi connectivity index (χ0) is 25.3. The lowest BCUT2D eigenvalue weighted by molar-refractivity contribution is -0.140. The third-order valence-electron chi connectivity index (χ3n) is 6.30. The quantitative estimate of drug-likeness (QED) is 0.276. The zero-order valence-corrected chi connectivity index (χ0v) is 20.5. The molecule has 1 aliphatic carbocycles. The summed E-state index contributed by atoms with van der Waals surface area (Å²) in [5.74, 6) is -0.505. The molecule has 0 aliphatic heterocycles. The molecular formula is C26H22ClN3O5S. The summed E-state index contributed by atoms with van der Waals surface area (Å²) in [4.78, 5) is 11.6. The number of nitrogens with zero attached hydrogens (tertiary/aromatic N) is 1. The molecule has 0 unspecified atom stereocenters. The van der Waals surface area contributed by atoms with Gasteiger partial charge < -0.3 is 9.63 Å². The lowest BCUT2D eigenvalue weighted by Gasteiger charge is -2.11. The van der Waals surface area contributed by atoms with Crippen molar-refractivity contribution in [2.75, 3.05) is 4.72 Å². The van der Waals surface area contributed by atoms with Crippen LogP contribution < -0.4 is 9.44 Å². The number of aliphatic carboxylic acids is 1. The topological polar surface area (TPSA) is 122 Å². The molecule has 3 aromatic carbocycles. The summed E-state index contributed by atoms with van der Waals surface area (Å²) in [6.07, 6.45) is 2.62. The maximum Gasteiger partial charge on any atom is 0.314 e. The van der Waals surface area contributed by atoms with Crippen LogP contribution in [0, 0.1) is 0 Å². The van der Waals surface area contributed by atoms with Crippen molar-refractivity contribution in [3.63, 3.8) is 0 Å². The highest BCUT2D eigenvalue weighted by Crippen LogP contribution is 2.48. The van der Waals surface area contributed by atoms with Crippen LogP contribution in [0.2, 0.25) is 5.02 Å². The van der Waals surface area contributed by atoms with E-state index in [2.05, 4.69) is 14.6 Å². The molecule has 0 spiro atoms. The van der Waals surface area contributed by atoms with Crippen molar-refractivity contribution in [3.05, 3.63) is 95.1 Å². The number of rotatable bonds is 9. The molecule has 0 atom stereocenters. The Morgan fingerprint density at radius 1 is 0.972 bits per heavy atom. The van der Waals surface area contributed by atoms with Gasteiger partial charge in [0.25, 0.3) is 10.2 Å². The van der Waals surface area contributed by atoms with E-state index in [1.807, 2.05) is 36.4 Å². The van der Waals surface area contributed by atoms with Crippen molar-refractivity contribution in [3.8, 4) is 22.5 Å². The minimum absolute atomic E-state index is 0.0245. The molecule has 1 saturated carbocycles. The molecule has 10 heteroatoms. The number of hydrogen-bond acceptors (Lipinski definition) is 5. The van der Waals surface area contributed by atoms with Gasteiger partial charge in [-0.2, -0.15) is 13.1 Å². The first-order valence-corrected chi connectivity index (χ1v) is 13.0. The SMILES string of the molecule is O=C(O)C1(c2ccc(-c3ccc(-c4oncc4NS(=O)(=O)NCc4ccccc4Cl)cc3)cc2)CC1. The third kappa shape index (κ3) is 4.86. The minimum Gasteiger partial charge on any atom is -0.481 e. The van der Waals surface area contributed by atoms with Gasteiger partial charge in [-0.1, -0.05) is 83.5 Å². The first-order chi connectivity index (χ1) is 17.3. The fourth-order valence-electron chi connectivity index (χ4n) is 4.06. The highest BCUT2D eigenvalue weighted by Gasteiger charge is 2.51. The van der Waals surface area contributed by atoms with Crippen LogP contribution in [-0.4, -0.2) is 24.7 Å². The molecule has 1 fully saturated rings. The summed E-state index contributed by atoms with van der Waals surface area (Å²) < 4.78 is 35.4. The molecule has 5 rings (SSSR count). The first-order valence-electron chi connectivity index (χ1n) is 11.2. The Hall–Kier alpha value is -3.66. The van der Waals surface area contributed by atoms with E-state index >= 15 is 0 Å². The van der Waals surface area contributed by atoms with Crippen LogP contribution in [-0.2, 0) is 27.0 Å². The molecule has 1 aliphatic rings. The Kier molecular flexibility index (Phi) is 6.29. The molecule has 4 aromatic rings. The molecule has 0 bridgehead atoms. The maximum atomic E-state index is 12.6. The molecule has 36 heavy (non-hydrogen) atoms. The third-order valence-corrected chi connectivity index (χ3v) is 7.68. The van der Waals surface area contributed by atoms with Crippen LogP contribution in [0.25, 0.3) is 22.5 Å². The van der Waals surface area contributed by atoms with E-state index in [4.69, 9.17) is 16.1 Å². The summed E-state index contributed by atoms with van der Waals surface area (Å²) in [7, 11) is -3.92. The fraction of sp³-hybridized carbons (Fsp3) is 0.154. The smallest absolute Gasteiger partial charge is 0.314 e. The normalized spacial score (nSPS) is 14.4. The second kappa shape index (κ2) is 9.42. The summed E-state index contributed by atoms with van der Waals surface area (Å²) in [5.41, 5.74) is 3.43. The highest BCUT2D eigenvalue weighted by atomic mass is 35.5. The minimum atomic E-state index is -3.92. The van der Waals surface area contributed by atoms with E-state index in [0.717, 1.165) is 16.7 Å². The molecule has 3 N–H and O–H groups in total. The van der Waals surface area contributed by atoms with Crippen LogP contribution in [0.15, 0.2) is 83.5 Å². The van der Waals surface area contributed by atoms with Crippen LogP contribution in [0.4, 0.5) is 5.69 Å². The second-order valence-corrected chi connectivity index (χ2v) is 10.5. The van der Waals surface area contributed by atoms with Gasteiger partial charge in [-0.05, 0) is 41.2 Å². The van der Waals surface area contributed by atoms with Gasteiger partial charge in [0.2, 0.25) is 0 Å². The van der Waals surface area contributed by atoms with Crippen LogP contribution in [0.3, 0.4) is 0 Å². The predicted octanol–water partition coefficient (Wildman–Crippen LogP) is 5.22. The molecule has 184 valence electrons. The Labute approximate surface area is 213 Å². The average Bonchev–Trinajstić information content (AvgIpc) is 3.57. The van der Waals surface area contributed by atoms with Crippen molar-refractivity contribution in [2.24, 2.45) is 0 Å². The van der Waals surface area contributed by atoms with Crippen molar-refractivity contribution >= 4 is 33.5 Å². The van der Waals surface area contributed by atoms with Crippen LogP contribution in [0.5, 0.6) is 0 Å². The van der Waals surface area contributed by atoms with Crippen molar-refractivity contribution in [2.45, 2.75) is 24.8 Å². The number of aromatic nitrogens is 1. The Morgan fingerprint density at radius 2 is 1.58 bits per heavy atom. The number of carboxylic acid groups (broad SMARTS) is 1. The fourth-order valence-corrected chi connectivity index (χ4v) is 5.12. The Bertz CT molecular complexity index is 1510. The van der Waals surface area contributed by atoms with E-state index in [1.165, 1.54) is 6.20 Å². The number of carboxylic acids is 1. The van der Waals surface area contributed by atoms with E-state index in [1.54, 1.807) is 36.4 Å². The van der Waals surface area contributed by atoms with Gasteiger partial charge in [0.1, 0.15) is 5.69 Å². The number of hydrogen-bond donors (Lipinski definition) is 3. The number of carbonyl (C=O) groups is 1. The summed E-state index contributed by atoms with van der Waals surface area (Å²) in [6, 6.07) is 21.9. The molecule has 1 aromatic heterocycles. The van der Waals surface area contributed by atoms with Crippen molar-refractivity contribution in [1.82, 2.24) is 9.88 Å². The van der Waals surface area contributed by atoms with Gasteiger partial charge >= 0.3 is 5.97 Å². The van der Waals surface area contributed by atoms with Crippen LogP contribution >= 0.6 is 11.6 Å². The second-order valence-electron chi connectivity index (χ2n) is 8.63. The summed E-state index contributed by atoms with van der Waals surface area (Å²) >= 11 is 6.10. The molecule has 1 heterocycles. The van der Waals surface area contributed by atoms with Crippen molar-refractivity contribution < 1.29 is 22.8 Å². The van der Waals surface area contributed by atoms with Crippen LogP contribution in [0.1, 0.15) is 24.0 Å². The van der Waals surface area contributed by atoms with E-state index in [-0.39, 0.29) is 18.0 Å². The predicted molar refractivity (Wildman–Crippen MR) is 137 cm³/mol. The Balaban J connectivity index is 1.29. The van der Waals surface area contributed by atoms with Gasteiger partial charge in [0, 0.05) is 17.1 Å². The molecule has 0 amide bonds. The lowest BCUT2D eigenvalue weighted by atomic mass is 9.93. The van der Waals surface area contributed by atoms with E-state index in [9.17, 15) is 18.3 Å². The van der Waals surface area contributed by atoms with Gasteiger partial charge in [-0.15, -0.1) is 0 Å². The largest absolute Gasteiger partial charge is 0.481 e. The molecule has 0 saturated heterocycles. The van der Waals surface area contributed by atoms with Gasteiger partial charge in [-0.25, -0.2) is 0 Å².